The number of pyridine rings is 1. The van der Waals surface area contributed by atoms with Crippen molar-refractivity contribution in [3.63, 3.8) is 0 Å². The van der Waals surface area contributed by atoms with E-state index in [1.54, 1.807) is 0 Å². The molecule has 2 heterocycles. The lowest BCUT2D eigenvalue weighted by Gasteiger charge is -2.37. The number of aldehydes is 1. The topological polar surface area (TPSA) is 33.2 Å². The van der Waals surface area contributed by atoms with Crippen LogP contribution >= 0.6 is 0 Å². The Morgan fingerprint density at radius 2 is 2.09 bits per heavy atom. The maximum atomic E-state index is 13.2. The minimum Gasteiger partial charge on any atom is -0.356 e. The third-order valence-electron chi connectivity index (χ3n) is 4.12. The Balaban J connectivity index is 2.08. The summed E-state index contributed by atoms with van der Waals surface area (Å²) in [6, 6.07) is 5.88. The number of hydrogen-bond donors (Lipinski definition) is 0. The van der Waals surface area contributed by atoms with Crippen LogP contribution in [0, 0.1) is 6.92 Å². The average Bonchev–Trinajstić information content (AvgIpc) is 2.52. The average molecular weight is 320 g/mol. The SMILES string of the molecule is Cc1ccc2c(c1)CCN(c1cnccc1C(F)(F)F)C2C=O. The Bertz CT molecular complexity index is 743. The van der Waals surface area contributed by atoms with E-state index < -0.39 is 17.8 Å². The molecule has 3 rings (SSSR count). The van der Waals surface area contributed by atoms with Gasteiger partial charge in [-0.3, -0.25) is 4.98 Å². The molecule has 0 saturated carbocycles. The van der Waals surface area contributed by atoms with Gasteiger partial charge in [0.1, 0.15) is 12.3 Å². The second-order valence-corrected chi connectivity index (χ2v) is 5.62. The summed E-state index contributed by atoms with van der Waals surface area (Å²) in [6.45, 7) is 2.29. The Labute approximate surface area is 131 Å². The highest BCUT2D eigenvalue weighted by Crippen LogP contribution is 2.40. The first kappa shape index (κ1) is 15.5. The van der Waals surface area contributed by atoms with E-state index in [0.29, 0.717) is 19.3 Å². The maximum absolute atomic E-state index is 13.2. The van der Waals surface area contributed by atoms with Gasteiger partial charge in [-0.1, -0.05) is 23.8 Å². The van der Waals surface area contributed by atoms with Gasteiger partial charge in [0.15, 0.2) is 0 Å². The van der Waals surface area contributed by atoms with Crippen molar-refractivity contribution in [2.45, 2.75) is 25.6 Å². The van der Waals surface area contributed by atoms with E-state index in [0.717, 1.165) is 29.0 Å². The van der Waals surface area contributed by atoms with Crippen LogP contribution in [0.4, 0.5) is 18.9 Å². The summed E-state index contributed by atoms with van der Waals surface area (Å²) < 4.78 is 39.7. The molecule has 1 unspecified atom stereocenters. The van der Waals surface area contributed by atoms with Crippen molar-refractivity contribution in [1.82, 2.24) is 4.98 Å². The van der Waals surface area contributed by atoms with Gasteiger partial charge >= 0.3 is 6.18 Å². The number of carbonyl (C=O) groups excluding carboxylic acids is 1. The molecule has 0 fully saturated rings. The smallest absolute Gasteiger partial charge is 0.356 e. The summed E-state index contributed by atoms with van der Waals surface area (Å²) in [4.78, 5) is 16.9. The Morgan fingerprint density at radius 3 is 2.78 bits per heavy atom. The number of carbonyl (C=O) groups is 1. The fraction of sp³-hybridized carbons (Fsp3) is 0.294. The van der Waals surface area contributed by atoms with Gasteiger partial charge in [0.05, 0.1) is 17.4 Å². The van der Waals surface area contributed by atoms with Gasteiger partial charge in [-0.15, -0.1) is 0 Å². The minimum absolute atomic E-state index is 0.0525. The normalized spacial score (nSPS) is 17.7. The lowest BCUT2D eigenvalue weighted by atomic mass is 9.91. The molecule has 23 heavy (non-hydrogen) atoms. The van der Waals surface area contributed by atoms with E-state index in [9.17, 15) is 18.0 Å². The zero-order valence-corrected chi connectivity index (χ0v) is 12.5. The number of nitrogens with zero attached hydrogens (tertiary/aromatic N) is 2. The molecule has 1 atom stereocenters. The fourth-order valence-corrected chi connectivity index (χ4v) is 3.06. The molecule has 0 N–H and O–H groups in total. The van der Waals surface area contributed by atoms with E-state index in [-0.39, 0.29) is 5.69 Å². The molecule has 1 aliphatic heterocycles. The van der Waals surface area contributed by atoms with Crippen molar-refractivity contribution in [3.8, 4) is 0 Å². The van der Waals surface area contributed by atoms with E-state index >= 15 is 0 Å². The van der Waals surface area contributed by atoms with Gasteiger partial charge in [0.2, 0.25) is 0 Å². The summed E-state index contributed by atoms with van der Waals surface area (Å²) in [5.41, 5.74) is 2.02. The van der Waals surface area contributed by atoms with Crippen LogP contribution in [-0.2, 0) is 17.4 Å². The number of aryl methyl sites for hydroxylation is 1. The van der Waals surface area contributed by atoms with Crippen LogP contribution in [0.1, 0.15) is 28.3 Å². The van der Waals surface area contributed by atoms with Crippen LogP contribution < -0.4 is 4.90 Å². The van der Waals surface area contributed by atoms with Crippen molar-refractivity contribution in [2.75, 3.05) is 11.4 Å². The number of alkyl halides is 3. The molecule has 1 aliphatic rings. The minimum atomic E-state index is -4.49. The van der Waals surface area contributed by atoms with E-state index in [1.807, 2.05) is 25.1 Å². The lowest BCUT2D eigenvalue weighted by Crippen LogP contribution is -2.37. The number of halogens is 3. The largest absolute Gasteiger partial charge is 0.418 e. The van der Waals surface area contributed by atoms with Gasteiger partial charge in [-0.05, 0) is 30.5 Å². The van der Waals surface area contributed by atoms with Crippen molar-refractivity contribution in [1.29, 1.82) is 0 Å². The van der Waals surface area contributed by atoms with Crippen LogP contribution in [0.25, 0.3) is 0 Å². The zero-order chi connectivity index (χ0) is 16.6. The summed E-state index contributed by atoms with van der Waals surface area (Å²) in [6.07, 6.45) is -0.907. The summed E-state index contributed by atoms with van der Waals surface area (Å²) in [5.74, 6) is 0. The molecule has 6 heteroatoms. The first-order valence-corrected chi connectivity index (χ1v) is 7.24. The fourth-order valence-electron chi connectivity index (χ4n) is 3.06. The molecule has 1 aromatic heterocycles. The molecule has 0 saturated heterocycles. The standard InChI is InChI=1S/C17H15F3N2O/c1-11-2-3-13-12(8-11)5-7-22(16(13)10-23)15-9-21-6-4-14(15)17(18,19)20/h2-4,6,8-10,16H,5,7H2,1H3. The lowest BCUT2D eigenvalue weighted by molar-refractivity contribution is -0.137. The molecule has 0 amide bonds. The quantitative estimate of drug-likeness (QED) is 0.791. The number of rotatable bonds is 2. The maximum Gasteiger partial charge on any atom is 0.418 e. The molecule has 0 bridgehead atoms. The van der Waals surface area contributed by atoms with Crippen LogP contribution in [0.2, 0.25) is 0 Å². The van der Waals surface area contributed by atoms with Gasteiger partial charge in [0, 0.05) is 12.7 Å². The molecule has 120 valence electrons. The second kappa shape index (κ2) is 5.68. The number of fused-ring (bicyclic) bond motifs is 1. The van der Waals surface area contributed by atoms with Crippen LogP contribution in [0.5, 0.6) is 0 Å². The highest BCUT2D eigenvalue weighted by molar-refractivity contribution is 5.72. The third-order valence-corrected chi connectivity index (χ3v) is 4.12. The molecule has 3 nitrogen and oxygen atoms in total. The third kappa shape index (κ3) is 2.81. The molecule has 1 aromatic carbocycles. The van der Waals surface area contributed by atoms with Gasteiger partial charge < -0.3 is 9.69 Å². The first-order valence-electron chi connectivity index (χ1n) is 7.24. The van der Waals surface area contributed by atoms with Crippen molar-refractivity contribution in [2.24, 2.45) is 0 Å². The van der Waals surface area contributed by atoms with Crippen LogP contribution in [0.3, 0.4) is 0 Å². The Hall–Kier alpha value is -2.37. The highest BCUT2D eigenvalue weighted by atomic mass is 19.4. The predicted molar refractivity (Wildman–Crippen MR) is 80.3 cm³/mol. The molecule has 0 spiro atoms. The predicted octanol–water partition coefficient (Wildman–Crippen LogP) is 3.71. The van der Waals surface area contributed by atoms with Crippen LogP contribution in [-0.4, -0.2) is 17.8 Å². The molecule has 0 aliphatic carbocycles. The molecule has 0 radical (unpaired) electrons. The molecular formula is C17H15F3N2O. The van der Waals surface area contributed by atoms with Gasteiger partial charge in [-0.25, -0.2) is 0 Å². The van der Waals surface area contributed by atoms with Crippen molar-refractivity contribution >= 4 is 12.0 Å². The number of hydrogen-bond acceptors (Lipinski definition) is 3. The second-order valence-electron chi connectivity index (χ2n) is 5.62. The number of benzene rings is 1. The zero-order valence-electron chi connectivity index (χ0n) is 12.5. The molecular weight excluding hydrogens is 305 g/mol. The summed E-state index contributed by atoms with van der Waals surface area (Å²) in [5, 5.41) is 0. The monoisotopic (exact) mass is 320 g/mol. The summed E-state index contributed by atoms with van der Waals surface area (Å²) >= 11 is 0. The summed E-state index contributed by atoms with van der Waals surface area (Å²) in [7, 11) is 0. The van der Waals surface area contributed by atoms with Gasteiger partial charge in [-0.2, -0.15) is 13.2 Å². The van der Waals surface area contributed by atoms with Crippen molar-refractivity contribution in [3.05, 3.63) is 58.9 Å². The van der Waals surface area contributed by atoms with E-state index in [1.165, 1.54) is 11.1 Å². The Morgan fingerprint density at radius 1 is 1.30 bits per heavy atom. The van der Waals surface area contributed by atoms with Gasteiger partial charge in [0.25, 0.3) is 0 Å². The highest BCUT2D eigenvalue weighted by Gasteiger charge is 2.37. The van der Waals surface area contributed by atoms with Crippen LogP contribution in [0.15, 0.2) is 36.7 Å². The molecule has 2 aromatic rings. The Kier molecular flexibility index (Phi) is 3.83. The number of anilines is 1. The number of aromatic nitrogens is 1. The van der Waals surface area contributed by atoms with E-state index in [4.69, 9.17) is 0 Å². The van der Waals surface area contributed by atoms with E-state index in [2.05, 4.69) is 4.98 Å². The first-order chi connectivity index (χ1) is 10.9. The van der Waals surface area contributed by atoms with Crippen molar-refractivity contribution < 1.29 is 18.0 Å².